The topological polar surface area (TPSA) is 174 Å². The number of ether oxygens (including phenoxy) is 4. The fourth-order valence-corrected chi connectivity index (χ4v) is 3.12. The molecule has 0 saturated carbocycles. The van der Waals surface area contributed by atoms with Crippen molar-refractivity contribution in [2.45, 2.75) is 27.7 Å². The fourth-order valence-electron chi connectivity index (χ4n) is 3.12. The normalized spacial score (nSPS) is 10.3. The van der Waals surface area contributed by atoms with Gasteiger partial charge in [0.05, 0.1) is 36.9 Å². The monoisotopic (exact) mass is 492 g/mol. The van der Waals surface area contributed by atoms with Crippen molar-refractivity contribution in [2.24, 2.45) is 0 Å². The van der Waals surface area contributed by atoms with E-state index in [0.717, 1.165) is 12.1 Å². The van der Waals surface area contributed by atoms with Gasteiger partial charge in [0.15, 0.2) is 23.9 Å². The maximum absolute atomic E-state index is 12.5. The van der Waals surface area contributed by atoms with E-state index in [9.17, 15) is 29.3 Å². The van der Waals surface area contributed by atoms with Gasteiger partial charge < -0.3 is 23.4 Å². The van der Waals surface area contributed by atoms with Gasteiger partial charge in [-0.3, -0.25) is 25.0 Å². The summed E-state index contributed by atoms with van der Waals surface area (Å²) in [6.45, 7) is 5.19. The second-order valence-electron chi connectivity index (χ2n) is 6.85. The molecule has 0 radical (unpaired) electrons. The molecule has 0 atom stereocenters. The Bertz CT molecular complexity index is 1170. The lowest BCUT2D eigenvalue weighted by molar-refractivity contribution is -0.385. The number of carbonyl (C=O) groups excluding carboxylic acids is 4. The number of nitrogens with one attached hydrogen (secondary N) is 1. The molecule has 1 aromatic carbocycles. The minimum absolute atomic E-state index is 0.00966. The van der Waals surface area contributed by atoms with Gasteiger partial charge in [-0.1, -0.05) is 0 Å². The van der Waals surface area contributed by atoms with Crippen LogP contribution in [0.1, 0.15) is 57.6 Å². The summed E-state index contributed by atoms with van der Waals surface area (Å²) in [6, 6.07) is 2.08. The highest BCUT2D eigenvalue weighted by atomic mass is 16.6. The van der Waals surface area contributed by atoms with E-state index in [1.807, 2.05) is 0 Å². The van der Waals surface area contributed by atoms with Gasteiger partial charge in [0.1, 0.15) is 16.9 Å². The first-order chi connectivity index (χ1) is 16.5. The second-order valence-corrected chi connectivity index (χ2v) is 6.85. The van der Waals surface area contributed by atoms with E-state index in [1.54, 1.807) is 13.8 Å². The number of methoxy groups -OCH3 is 1. The fraction of sp³-hybridized carbons (Fsp3) is 0.364. The lowest BCUT2D eigenvalue weighted by Crippen LogP contribution is -2.22. The van der Waals surface area contributed by atoms with E-state index in [-0.39, 0.29) is 47.5 Å². The SMILES string of the molecule is CCOC(=O)c1c(NC(=O)COC(=O)c2cc(OC)c(OCC)cc2[N+](=O)[O-])oc(C)c1C(C)=O. The maximum Gasteiger partial charge on any atom is 0.345 e. The number of furan rings is 1. The lowest BCUT2D eigenvalue weighted by atomic mass is 10.1. The number of anilines is 1. The van der Waals surface area contributed by atoms with Crippen LogP contribution in [0.15, 0.2) is 16.5 Å². The number of benzene rings is 1. The zero-order valence-corrected chi connectivity index (χ0v) is 19.7. The third-order valence-electron chi connectivity index (χ3n) is 4.50. The molecule has 0 bridgehead atoms. The van der Waals surface area contributed by atoms with Gasteiger partial charge in [-0.15, -0.1) is 0 Å². The van der Waals surface area contributed by atoms with Crippen LogP contribution in [0, 0.1) is 17.0 Å². The van der Waals surface area contributed by atoms with Crippen LogP contribution >= 0.6 is 0 Å². The zero-order chi connectivity index (χ0) is 26.3. The van der Waals surface area contributed by atoms with Crippen molar-refractivity contribution in [1.29, 1.82) is 0 Å². The molecule has 13 heteroatoms. The molecule has 0 spiro atoms. The Morgan fingerprint density at radius 1 is 1.03 bits per heavy atom. The lowest BCUT2D eigenvalue weighted by Gasteiger charge is -2.11. The minimum Gasteiger partial charge on any atom is -0.493 e. The number of esters is 2. The van der Waals surface area contributed by atoms with Crippen molar-refractivity contribution in [2.75, 3.05) is 32.2 Å². The largest absolute Gasteiger partial charge is 0.493 e. The van der Waals surface area contributed by atoms with Crippen LogP contribution in [0.2, 0.25) is 0 Å². The molecule has 0 saturated heterocycles. The van der Waals surface area contributed by atoms with Crippen LogP contribution in [-0.4, -0.2) is 55.5 Å². The molecule has 13 nitrogen and oxygen atoms in total. The summed E-state index contributed by atoms with van der Waals surface area (Å²) in [4.78, 5) is 59.8. The Balaban J connectivity index is 2.25. The molecule has 0 aliphatic rings. The molecule has 35 heavy (non-hydrogen) atoms. The summed E-state index contributed by atoms with van der Waals surface area (Å²) in [5.41, 5.74) is -1.42. The molecule has 1 heterocycles. The van der Waals surface area contributed by atoms with Crippen molar-refractivity contribution in [3.63, 3.8) is 0 Å². The van der Waals surface area contributed by atoms with Crippen molar-refractivity contribution in [1.82, 2.24) is 0 Å². The van der Waals surface area contributed by atoms with Gasteiger partial charge in [-0.2, -0.15) is 0 Å². The maximum atomic E-state index is 12.5. The van der Waals surface area contributed by atoms with E-state index >= 15 is 0 Å². The van der Waals surface area contributed by atoms with Crippen LogP contribution < -0.4 is 14.8 Å². The third-order valence-corrected chi connectivity index (χ3v) is 4.50. The van der Waals surface area contributed by atoms with Crippen molar-refractivity contribution >= 4 is 35.2 Å². The van der Waals surface area contributed by atoms with Crippen molar-refractivity contribution in [3.8, 4) is 11.5 Å². The molecule has 0 aliphatic heterocycles. The summed E-state index contributed by atoms with van der Waals surface area (Å²) in [5, 5.41) is 13.7. The van der Waals surface area contributed by atoms with E-state index < -0.39 is 46.4 Å². The van der Waals surface area contributed by atoms with Crippen LogP contribution in [0.3, 0.4) is 0 Å². The summed E-state index contributed by atoms with van der Waals surface area (Å²) in [6.07, 6.45) is 0. The number of carbonyl (C=O) groups is 4. The number of amides is 1. The Morgan fingerprint density at radius 3 is 2.26 bits per heavy atom. The quantitative estimate of drug-likeness (QED) is 0.211. The molecule has 1 amide bonds. The highest BCUT2D eigenvalue weighted by molar-refractivity contribution is 6.11. The Kier molecular flexibility index (Phi) is 8.91. The summed E-state index contributed by atoms with van der Waals surface area (Å²) in [7, 11) is 1.29. The Morgan fingerprint density at radius 2 is 1.71 bits per heavy atom. The molecule has 0 unspecified atom stereocenters. The first-order valence-electron chi connectivity index (χ1n) is 10.3. The molecule has 0 aliphatic carbocycles. The molecule has 188 valence electrons. The zero-order valence-electron chi connectivity index (χ0n) is 19.7. The number of aryl methyl sites for hydroxylation is 1. The molecule has 0 fully saturated rings. The third kappa shape index (κ3) is 6.13. The van der Waals surface area contributed by atoms with Crippen molar-refractivity contribution in [3.05, 3.63) is 44.7 Å². The van der Waals surface area contributed by atoms with Gasteiger partial charge in [0.25, 0.3) is 11.6 Å². The standard InChI is InChI=1S/C22H24N2O11/c1-6-32-16-9-14(24(29)30)13(8-15(16)31-5)21(27)34-10-17(26)23-20-19(22(28)33-7-2)18(11(3)25)12(4)35-20/h8-9H,6-7,10H2,1-5H3,(H,23,26). The number of rotatable bonds is 11. The first kappa shape index (κ1) is 26.8. The average Bonchev–Trinajstić information content (AvgIpc) is 3.13. The summed E-state index contributed by atoms with van der Waals surface area (Å²) in [5.74, 6) is -3.68. The first-order valence-corrected chi connectivity index (χ1v) is 10.3. The molecular weight excluding hydrogens is 468 g/mol. The van der Waals surface area contributed by atoms with Crippen LogP contribution in [0.5, 0.6) is 11.5 Å². The molecule has 2 rings (SSSR count). The minimum atomic E-state index is -1.18. The molecule has 2 aromatic rings. The number of nitro groups is 1. The number of nitrogens with zero attached hydrogens (tertiary/aromatic N) is 1. The second kappa shape index (κ2) is 11.6. The molecular formula is C22H24N2O11. The van der Waals surface area contributed by atoms with Gasteiger partial charge in [-0.05, 0) is 27.7 Å². The number of ketones is 1. The number of hydrogen-bond acceptors (Lipinski definition) is 11. The van der Waals surface area contributed by atoms with Crippen LogP contribution in [-0.2, 0) is 14.3 Å². The van der Waals surface area contributed by atoms with E-state index in [0.29, 0.717) is 0 Å². The van der Waals surface area contributed by atoms with Gasteiger partial charge in [-0.25, -0.2) is 9.59 Å². The van der Waals surface area contributed by atoms with Gasteiger partial charge >= 0.3 is 11.9 Å². The van der Waals surface area contributed by atoms with Gasteiger partial charge in [0, 0.05) is 6.07 Å². The molecule has 1 N–H and O–H groups in total. The van der Waals surface area contributed by atoms with E-state index in [2.05, 4.69) is 5.32 Å². The predicted octanol–water partition coefficient (Wildman–Crippen LogP) is 3.08. The van der Waals surface area contributed by atoms with Crippen molar-refractivity contribution < 1.29 is 47.5 Å². The molecule has 1 aromatic heterocycles. The Labute approximate surface area is 199 Å². The van der Waals surface area contributed by atoms with Gasteiger partial charge in [0.2, 0.25) is 5.88 Å². The van der Waals surface area contributed by atoms with E-state index in [4.69, 9.17) is 23.4 Å². The average molecular weight is 492 g/mol. The highest BCUT2D eigenvalue weighted by Gasteiger charge is 2.30. The van der Waals surface area contributed by atoms with E-state index in [1.165, 1.54) is 21.0 Å². The number of Topliss-reactive ketones (excluding diaryl/α,β-unsaturated/α-hetero) is 1. The van der Waals surface area contributed by atoms with Crippen LogP contribution in [0.4, 0.5) is 11.6 Å². The smallest absolute Gasteiger partial charge is 0.345 e. The Hall–Kier alpha value is -4.42. The predicted molar refractivity (Wildman–Crippen MR) is 119 cm³/mol. The number of hydrogen-bond donors (Lipinski definition) is 1. The summed E-state index contributed by atoms with van der Waals surface area (Å²) >= 11 is 0. The number of nitro benzene ring substituents is 1. The van der Waals surface area contributed by atoms with Crippen LogP contribution in [0.25, 0.3) is 0 Å². The highest BCUT2D eigenvalue weighted by Crippen LogP contribution is 2.35. The summed E-state index contributed by atoms with van der Waals surface area (Å²) < 4.78 is 25.5.